The van der Waals surface area contributed by atoms with Gasteiger partial charge < -0.3 is 15.5 Å². The topological polar surface area (TPSA) is 86.6 Å². The minimum Gasteiger partial charge on any atom is -0.508 e. The molecule has 1 atom stereocenters. The lowest BCUT2D eigenvalue weighted by Gasteiger charge is -2.24. The Balaban J connectivity index is 2.71. The summed E-state index contributed by atoms with van der Waals surface area (Å²) in [5, 5.41) is 20.8. The van der Waals surface area contributed by atoms with Crippen molar-refractivity contribution in [1.29, 1.82) is 0 Å². The van der Waals surface area contributed by atoms with Crippen LogP contribution in [0.4, 0.5) is 0 Å². The fraction of sp³-hybridized carbons (Fsp3) is 0.333. The quantitative estimate of drug-likeness (QED) is 0.695. The molecule has 5 nitrogen and oxygen atoms in total. The van der Waals surface area contributed by atoms with Gasteiger partial charge in [0.1, 0.15) is 11.3 Å². The Hall–Kier alpha value is -2.30. The molecule has 0 saturated carbocycles. The highest BCUT2D eigenvalue weighted by Crippen LogP contribution is 2.13. The second kappa shape index (κ2) is 6.75. The summed E-state index contributed by atoms with van der Waals surface area (Å²) >= 11 is 0. The van der Waals surface area contributed by atoms with Crippen molar-refractivity contribution in [3.05, 3.63) is 35.9 Å². The van der Waals surface area contributed by atoms with Crippen molar-refractivity contribution in [2.45, 2.75) is 32.2 Å². The highest BCUT2D eigenvalue weighted by Gasteiger charge is 2.33. The Labute approximate surface area is 117 Å². The zero-order valence-electron chi connectivity index (χ0n) is 11.6. The van der Waals surface area contributed by atoms with Crippen molar-refractivity contribution in [2.75, 3.05) is 0 Å². The second-order valence-electron chi connectivity index (χ2n) is 4.80. The molecule has 0 heterocycles. The minimum atomic E-state index is -1.26. The highest BCUT2D eigenvalue weighted by atomic mass is 16.4. The van der Waals surface area contributed by atoms with Gasteiger partial charge in [-0.15, -0.1) is 0 Å². The molecule has 1 unspecified atom stereocenters. The molecule has 0 bridgehead atoms. The number of carboxylic acid groups (broad SMARTS) is 1. The van der Waals surface area contributed by atoms with Crippen LogP contribution in [0.25, 0.3) is 6.08 Å². The van der Waals surface area contributed by atoms with E-state index in [2.05, 4.69) is 5.32 Å². The average molecular weight is 277 g/mol. The molecule has 0 aliphatic heterocycles. The molecule has 0 aromatic heterocycles. The number of phenols is 1. The zero-order valence-corrected chi connectivity index (χ0v) is 11.6. The average Bonchev–Trinajstić information content (AvgIpc) is 2.38. The lowest BCUT2D eigenvalue weighted by molar-refractivity contribution is -0.146. The third-order valence-electron chi connectivity index (χ3n) is 2.94. The van der Waals surface area contributed by atoms with Gasteiger partial charge >= 0.3 is 5.97 Å². The number of aliphatic carboxylic acids is 1. The number of aromatic hydroxyl groups is 1. The molecule has 1 rings (SSSR count). The van der Waals surface area contributed by atoms with Crippen LogP contribution in [0.15, 0.2) is 30.3 Å². The predicted molar refractivity (Wildman–Crippen MR) is 76.2 cm³/mol. The van der Waals surface area contributed by atoms with Crippen LogP contribution >= 0.6 is 0 Å². The Bertz CT molecular complexity index is 507. The smallest absolute Gasteiger partial charge is 0.329 e. The fourth-order valence-electron chi connectivity index (χ4n) is 1.79. The van der Waals surface area contributed by atoms with Gasteiger partial charge in [-0.25, -0.2) is 4.79 Å². The minimum absolute atomic E-state index is 0.146. The number of hydrogen-bond donors (Lipinski definition) is 3. The van der Waals surface area contributed by atoms with Crippen LogP contribution in [-0.4, -0.2) is 27.6 Å². The number of hydrogen-bond acceptors (Lipinski definition) is 3. The Morgan fingerprint density at radius 2 is 1.90 bits per heavy atom. The summed E-state index contributed by atoms with van der Waals surface area (Å²) in [6, 6.07) is 6.33. The molecule has 0 aliphatic carbocycles. The number of amides is 1. The van der Waals surface area contributed by atoms with E-state index in [1.807, 2.05) is 6.92 Å². The third-order valence-corrected chi connectivity index (χ3v) is 2.94. The summed E-state index contributed by atoms with van der Waals surface area (Å²) in [6.45, 7) is 3.35. The SMILES string of the molecule is CCCC(C)(NC(=O)/C=C/c1ccc(O)cc1)C(=O)O. The first-order chi connectivity index (χ1) is 9.37. The van der Waals surface area contributed by atoms with Gasteiger partial charge in [0, 0.05) is 6.08 Å². The van der Waals surface area contributed by atoms with E-state index in [9.17, 15) is 9.59 Å². The van der Waals surface area contributed by atoms with Gasteiger partial charge in [-0.2, -0.15) is 0 Å². The molecule has 1 amide bonds. The molecule has 20 heavy (non-hydrogen) atoms. The van der Waals surface area contributed by atoms with Crippen molar-refractivity contribution in [3.8, 4) is 5.75 Å². The van der Waals surface area contributed by atoms with Gasteiger partial charge in [0.25, 0.3) is 0 Å². The van der Waals surface area contributed by atoms with E-state index in [0.717, 1.165) is 5.56 Å². The van der Waals surface area contributed by atoms with E-state index >= 15 is 0 Å². The maximum Gasteiger partial charge on any atom is 0.329 e. The number of carbonyl (C=O) groups is 2. The lowest BCUT2D eigenvalue weighted by atomic mass is 9.96. The van der Waals surface area contributed by atoms with E-state index in [0.29, 0.717) is 12.8 Å². The van der Waals surface area contributed by atoms with Crippen molar-refractivity contribution in [1.82, 2.24) is 5.32 Å². The largest absolute Gasteiger partial charge is 0.508 e. The maximum absolute atomic E-state index is 11.8. The molecule has 3 N–H and O–H groups in total. The molecule has 0 spiro atoms. The lowest BCUT2D eigenvalue weighted by Crippen LogP contribution is -2.51. The summed E-state index contributed by atoms with van der Waals surface area (Å²) < 4.78 is 0. The van der Waals surface area contributed by atoms with Gasteiger partial charge in [-0.3, -0.25) is 4.79 Å². The third kappa shape index (κ3) is 4.42. The monoisotopic (exact) mass is 277 g/mol. The van der Waals surface area contributed by atoms with Crippen molar-refractivity contribution in [3.63, 3.8) is 0 Å². The molecule has 1 aromatic carbocycles. The summed E-state index contributed by atoms with van der Waals surface area (Å²) in [7, 11) is 0. The second-order valence-corrected chi connectivity index (χ2v) is 4.80. The van der Waals surface area contributed by atoms with Crippen LogP contribution in [0.2, 0.25) is 0 Å². The summed E-state index contributed by atoms with van der Waals surface area (Å²) in [5.74, 6) is -1.37. The standard InChI is InChI=1S/C15H19NO4/c1-3-10-15(2,14(19)20)16-13(18)9-6-11-4-7-12(17)8-5-11/h4-9,17H,3,10H2,1-2H3,(H,16,18)(H,19,20)/b9-6+. The van der Waals surface area contributed by atoms with Crippen LogP contribution in [0.5, 0.6) is 5.75 Å². The Morgan fingerprint density at radius 1 is 1.30 bits per heavy atom. The molecule has 0 radical (unpaired) electrons. The maximum atomic E-state index is 11.8. The number of nitrogens with one attached hydrogen (secondary N) is 1. The van der Waals surface area contributed by atoms with Crippen molar-refractivity contribution >= 4 is 18.0 Å². The van der Waals surface area contributed by atoms with E-state index in [4.69, 9.17) is 10.2 Å². The van der Waals surface area contributed by atoms with Gasteiger partial charge in [0.15, 0.2) is 0 Å². The first-order valence-corrected chi connectivity index (χ1v) is 6.40. The molecular formula is C15H19NO4. The van der Waals surface area contributed by atoms with Crippen LogP contribution in [-0.2, 0) is 9.59 Å². The normalized spacial score (nSPS) is 13.9. The Kier molecular flexibility index (Phi) is 5.32. The molecule has 1 aromatic rings. The van der Waals surface area contributed by atoms with Gasteiger partial charge in [0.2, 0.25) is 5.91 Å². The predicted octanol–water partition coefficient (Wildman–Crippen LogP) is 2.16. The van der Waals surface area contributed by atoms with Gasteiger partial charge in [0.05, 0.1) is 0 Å². The molecule has 0 aliphatic rings. The first-order valence-electron chi connectivity index (χ1n) is 6.40. The van der Waals surface area contributed by atoms with E-state index < -0.39 is 17.4 Å². The van der Waals surface area contributed by atoms with Crippen LogP contribution in [0.1, 0.15) is 32.3 Å². The van der Waals surface area contributed by atoms with Gasteiger partial charge in [-0.05, 0) is 37.1 Å². The zero-order chi connectivity index (χ0) is 15.2. The van der Waals surface area contributed by atoms with Crippen LogP contribution < -0.4 is 5.32 Å². The van der Waals surface area contributed by atoms with Crippen LogP contribution in [0, 0.1) is 0 Å². The summed E-state index contributed by atoms with van der Waals surface area (Å²) in [4.78, 5) is 23.0. The number of carboxylic acids is 1. The molecule has 5 heteroatoms. The molecule has 108 valence electrons. The highest BCUT2D eigenvalue weighted by molar-refractivity contribution is 5.95. The molecular weight excluding hydrogens is 258 g/mol. The molecule has 0 saturated heterocycles. The van der Waals surface area contributed by atoms with E-state index in [1.165, 1.54) is 25.1 Å². The summed E-state index contributed by atoms with van der Waals surface area (Å²) in [5.41, 5.74) is -0.518. The Morgan fingerprint density at radius 3 is 2.40 bits per heavy atom. The van der Waals surface area contributed by atoms with E-state index in [1.54, 1.807) is 18.2 Å². The van der Waals surface area contributed by atoms with Crippen molar-refractivity contribution < 1.29 is 19.8 Å². The number of rotatable bonds is 6. The first kappa shape index (κ1) is 15.8. The summed E-state index contributed by atoms with van der Waals surface area (Å²) in [6.07, 6.45) is 3.86. The van der Waals surface area contributed by atoms with Crippen molar-refractivity contribution in [2.24, 2.45) is 0 Å². The number of benzene rings is 1. The van der Waals surface area contributed by atoms with Gasteiger partial charge in [-0.1, -0.05) is 25.5 Å². The number of phenolic OH excluding ortho intramolecular Hbond substituents is 1. The fourth-order valence-corrected chi connectivity index (χ4v) is 1.79. The van der Waals surface area contributed by atoms with E-state index in [-0.39, 0.29) is 5.75 Å². The number of carbonyl (C=O) groups excluding carboxylic acids is 1. The molecule has 0 fully saturated rings. The van der Waals surface area contributed by atoms with Crippen LogP contribution in [0.3, 0.4) is 0 Å².